The third kappa shape index (κ3) is 6.01. The van der Waals surface area contributed by atoms with Crippen LogP contribution in [0.25, 0.3) is 97.4 Å². The summed E-state index contributed by atoms with van der Waals surface area (Å²) in [5.41, 5.74) is 14.6. The van der Waals surface area contributed by atoms with E-state index in [4.69, 9.17) is 4.42 Å². The van der Waals surface area contributed by atoms with Gasteiger partial charge in [-0.2, -0.15) is 0 Å². The van der Waals surface area contributed by atoms with E-state index in [-0.39, 0.29) is 0 Å². The number of hydrogen-bond acceptors (Lipinski definition) is 3. The number of furan rings is 1. The smallest absolute Gasteiger partial charge is 0.143 e. The molecule has 12 aromatic rings. The van der Waals surface area contributed by atoms with Gasteiger partial charge in [-0.15, -0.1) is 11.3 Å². The fraction of sp³-hybridized carbons (Fsp3) is 0. The van der Waals surface area contributed by atoms with Crippen LogP contribution < -0.4 is 4.90 Å². The summed E-state index contributed by atoms with van der Waals surface area (Å²) in [4.78, 5) is 2.40. The zero-order valence-electron chi connectivity index (χ0n) is 33.1. The Morgan fingerprint density at radius 1 is 0.344 bits per heavy atom. The molecular weight excluding hydrogens is 759 g/mol. The van der Waals surface area contributed by atoms with Gasteiger partial charge in [0.25, 0.3) is 0 Å². The SMILES string of the molecule is c1ccc(-c2ccc(-c3ccc(N(c4cccc(-c5cccc6sc7ccccc7c56)c4)c4cccc5oc6c7ccccc7ccc6c45)cc3)cc2-c2ccccc2)cc1. The second-order valence-electron chi connectivity index (χ2n) is 15.6. The fourth-order valence-corrected chi connectivity index (χ4v) is 10.4. The number of fused-ring (bicyclic) bond motifs is 8. The minimum absolute atomic E-state index is 0.864. The van der Waals surface area contributed by atoms with Crippen LogP contribution in [0, 0.1) is 0 Å². The first kappa shape index (κ1) is 35.2. The number of nitrogens with zero attached hydrogens (tertiary/aromatic N) is 1. The molecular formula is C58H37NOS. The van der Waals surface area contributed by atoms with Crippen molar-refractivity contribution >= 4 is 81.3 Å². The summed E-state index contributed by atoms with van der Waals surface area (Å²) >= 11 is 1.86. The Balaban J connectivity index is 1.04. The quantitative estimate of drug-likeness (QED) is 0.160. The minimum Gasteiger partial charge on any atom is -0.455 e. The van der Waals surface area contributed by atoms with Gasteiger partial charge < -0.3 is 9.32 Å². The molecule has 0 N–H and O–H groups in total. The molecule has 0 atom stereocenters. The molecule has 10 aromatic carbocycles. The fourth-order valence-electron chi connectivity index (χ4n) is 9.23. The van der Waals surface area contributed by atoms with Gasteiger partial charge in [0.2, 0.25) is 0 Å². The summed E-state index contributed by atoms with van der Waals surface area (Å²) in [6.07, 6.45) is 0. The number of anilines is 3. The van der Waals surface area contributed by atoms with Gasteiger partial charge in [-0.05, 0) is 111 Å². The zero-order chi connectivity index (χ0) is 40.3. The molecule has 12 rings (SSSR count). The lowest BCUT2D eigenvalue weighted by molar-refractivity contribution is 0.672. The molecule has 0 saturated heterocycles. The van der Waals surface area contributed by atoms with E-state index in [0.29, 0.717) is 0 Å². The molecule has 2 nitrogen and oxygen atoms in total. The first-order valence-corrected chi connectivity index (χ1v) is 21.6. The Morgan fingerprint density at radius 2 is 1.02 bits per heavy atom. The topological polar surface area (TPSA) is 16.4 Å². The third-order valence-corrected chi connectivity index (χ3v) is 13.2. The molecule has 0 spiro atoms. The predicted molar refractivity (Wildman–Crippen MR) is 261 cm³/mol. The van der Waals surface area contributed by atoms with E-state index in [9.17, 15) is 0 Å². The van der Waals surface area contributed by atoms with Gasteiger partial charge in [-0.3, -0.25) is 0 Å². The lowest BCUT2D eigenvalue weighted by Crippen LogP contribution is -2.10. The van der Waals surface area contributed by atoms with E-state index in [1.807, 2.05) is 11.3 Å². The zero-order valence-corrected chi connectivity index (χ0v) is 33.9. The van der Waals surface area contributed by atoms with Gasteiger partial charge in [-0.1, -0.05) is 164 Å². The molecule has 61 heavy (non-hydrogen) atoms. The summed E-state index contributed by atoms with van der Waals surface area (Å²) in [6, 6.07) is 81.1. The van der Waals surface area contributed by atoms with E-state index in [1.165, 1.54) is 59.1 Å². The van der Waals surface area contributed by atoms with Crippen LogP contribution in [0.1, 0.15) is 0 Å². The summed E-state index contributed by atoms with van der Waals surface area (Å²) in [7, 11) is 0. The van der Waals surface area contributed by atoms with Crippen molar-refractivity contribution in [3.8, 4) is 44.5 Å². The number of thiophene rings is 1. The number of rotatable bonds is 7. The minimum atomic E-state index is 0.864. The van der Waals surface area contributed by atoms with Crippen LogP contribution in [-0.4, -0.2) is 0 Å². The van der Waals surface area contributed by atoms with Gasteiger partial charge in [0.1, 0.15) is 11.2 Å². The second-order valence-corrected chi connectivity index (χ2v) is 16.7. The van der Waals surface area contributed by atoms with Crippen molar-refractivity contribution in [2.45, 2.75) is 0 Å². The van der Waals surface area contributed by atoms with Crippen LogP contribution in [0.3, 0.4) is 0 Å². The van der Waals surface area contributed by atoms with Crippen LogP contribution in [0.4, 0.5) is 17.1 Å². The molecule has 2 heterocycles. The lowest BCUT2D eigenvalue weighted by Gasteiger charge is -2.27. The molecule has 0 bridgehead atoms. The Morgan fingerprint density at radius 3 is 1.85 bits per heavy atom. The standard InChI is InChI=1S/C58H37NOS/c1-3-14-39(15-4-1)46-34-31-42(37-51(46)40-16-5-2-6-17-40)38-28-32-44(33-29-38)59(52-24-13-25-53-57(52)50-35-30-41-18-7-8-21-48(41)58(50)60-53)45-20-11-19-43(36-45)47-23-12-27-55-56(47)49-22-9-10-26-54(49)61-55/h1-37H. The van der Waals surface area contributed by atoms with Gasteiger partial charge in [0.15, 0.2) is 0 Å². The second kappa shape index (κ2) is 14.5. The molecule has 286 valence electrons. The van der Waals surface area contributed by atoms with Crippen molar-refractivity contribution in [1.29, 1.82) is 0 Å². The van der Waals surface area contributed by atoms with Crippen LogP contribution in [0.2, 0.25) is 0 Å². The molecule has 0 unspecified atom stereocenters. The first-order chi connectivity index (χ1) is 30.2. The summed E-state index contributed by atoms with van der Waals surface area (Å²) < 4.78 is 9.34. The van der Waals surface area contributed by atoms with Gasteiger partial charge in [0.05, 0.1) is 11.1 Å². The Kier molecular flexibility index (Phi) is 8.39. The van der Waals surface area contributed by atoms with Crippen LogP contribution in [0.15, 0.2) is 229 Å². The summed E-state index contributed by atoms with van der Waals surface area (Å²) in [6.45, 7) is 0. The van der Waals surface area contributed by atoms with Crippen molar-refractivity contribution in [3.63, 3.8) is 0 Å². The van der Waals surface area contributed by atoms with E-state index >= 15 is 0 Å². The van der Waals surface area contributed by atoms with Gasteiger partial charge >= 0.3 is 0 Å². The lowest BCUT2D eigenvalue weighted by atomic mass is 9.91. The Bertz CT molecular complexity index is 3580. The molecule has 0 aliphatic rings. The Labute approximate surface area is 357 Å². The number of hydrogen-bond donors (Lipinski definition) is 0. The highest BCUT2D eigenvalue weighted by atomic mass is 32.1. The average Bonchev–Trinajstić information content (AvgIpc) is 3.92. The maximum Gasteiger partial charge on any atom is 0.143 e. The van der Waals surface area contributed by atoms with E-state index in [1.54, 1.807) is 0 Å². The van der Waals surface area contributed by atoms with Crippen molar-refractivity contribution in [3.05, 3.63) is 224 Å². The first-order valence-electron chi connectivity index (χ1n) is 20.7. The molecule has 0 fully saturated rings. The third-order valence-electron chi connectivity index (χ3n) is 12.1. The van der Waals surface area contributed by atoms with Crippen LogP contribution >= 0.6 is 11.3 Å². The van der Waals surface area contributed by atoms with Crippen molar-refractivity contribution in [2.24, 2.45) is 0 Å². The van der Waals surface area contributed by atoms with Crippen molar-refractivity contribution in [1.82, 2.24) is 0 Å². The molecule has 0 radical (unpaired) electrons. The van der Waals surface area contributed by atoms with Gasteiger partial charge in [-0.25, -0.2) is 0 Å². The normalized spacial score (nSPS) is 11.6. The van der Waals surface area contributed by atoms with E-state index in [0.717, 1.165) is 55.3 Å². The summed E-state index contributed by atoms with van der Waals surface area (Å²) in [5.74, 6) is 0. The highest BCUT2D eigenvalue weighted by Gasteiger charge is 2.22. The molecule has 0 amide bonds. The number of benzene rings is 10. The molecule has 2 aromatic heterocycles. The maximum absolute atomic E-state index is 6.74. The monoisotopic (exact) mass is 795 g/mol. The van der Waals surface area contributed by atoms with E-state index in [2.05, 4.69) is 229 Å². The highest BCUT2D eigenvalue weighted by molar-refractivity contribution is 7.25. The molecule has 3 heteroatoms. The van der Waals surface area contributed by atoms with Crippen LogP contribution in [-0.2, 0) is 0 Å². The summed E-state index contributed by atoms with van der Waals surface area (Å²) in [5, 5.41) is 7.07. The highest BCUT2D eigenvalue weighted by Crippen LogP contribution is 2.47. The van der Waals surface area contributed by atoms with Crippen molar-refractivity contribution in [2.75, 3.05) is 4.90 Å². The molecule has 0 aliphatic heterocycles. The van der Waals surface area contributed by atoms with Crippen molar-refractivity contribution < 1.29 is 4.42 Å². The predicted octanol–water partition coefficient (Wildman–Crippen LogP) is 17.2. The van der Waals surface area contributed by atoms with E-state index < -0.39 is 0 Å². The largest absolute Gasteiger partial charge is 0.455 e. The maximum atomic E-state index is 6.74. The average molecular weight is 796 g/mol. The van der Waals surface area contributed by atoms with Gasteiger partial charge in [0, 0.05) is 42.3 Å². The Hall–Kier alpha value is -7.72. The van der Waals surface area contributed by atoms with Crippen LogP contribution in [0.5, 0.6) is 0 Å². The molecule has 0 aliphatic carbocycles. The molecule has 0 saturated carbocycles.